The van der Waals surface area contributed by atoms with Gasteiger partial charge in [-0.05, 0) is 50.3 Å². The molecular weight excluding hydrogens is 429 g/mol. The lowest BCUT2D eigenvalue weighted by molar-refractivity contribution is -0.148. The number of pyridine rings is 1. The van der Waals surface area contributed by atoms with Gasteiger partial charge in [0.15, 0.2) is 0 Å². The fourth-order valence-corrected chi connectivity index (χ4v) is 3.75. The van der Waals surface area contributed by atoms with Crippen molar-refractivity contribution in [3.8, 4) is 0 Å². The normalized spacial score (nSPS) is 19.8. The van der Waals surface area contributed by atoms with Crippen LogP contribution < -0.4 is 10.6 Å². The number of amides is 2. The van der Waals surface area contributed by atoms with Crippen molar-refractivity contribution in [1.82, 2.24) is 20.5 Å². The maximum absolute atomic E-state index is 13.5. The third kappa shape index (κ3) is 6.32. The van der Waals surface area contributed by atoms with E-state index in [1.165, 1.54) is 7.11 Å². The SMILES string of the molecule is COC(=O)NCCCc1cc([C@@H](C)N(C(=O)[C@H]2CNCCO2)C2CC2)cc(C(F)(F)F)n1. The highest BCUT2D eigenvalue weighted by Crippen LogP contribution is 2.37. The van der Waals surface area contributed by atoms with Crippen LogP contribution in [0.15, 0.2) is 12.1 Å². The summed E-state index contributed by atoms with van der Waals surface area (Å²) in [5.41, 5.74) is -0.351. The summed E-state index contributed by atoms with van der Waals surface area (Å²) in [7, 11) is 1.23. The van der Waals surface area contributed by atoms with Gasteiger partial charge >= 0.3 is 12.3 Å². The van der Waals surface area contributed by atoms with E-state index >= 15 is 0 Å². The van der Waals surface area contributed by atoms with Gasteiger partial charge in [-0.15, -0.1) is 0 Å². The second-order valence-electron chi connectivity index (χ2n) is 8.01. The molecule has 0 spiro atoms. The number of nitrogens with zero attached hydrogens (tertiary/aromatic N) is 2. The fourth-order valence-electron chi connectivity index (χ4n) is 3.75. The van der Waals surface area contributed by atoms with Crippen molar-refractivity contribution in [3.63, 3.8) is 0 Å². The lowest BCUT2D eigenvalue weighted by Crippen LogP contribution is -2.50. The first-order chi connectivity index (χ1) is 15.2. The molecule has 2 atom stereocenters. The van der Waals surface area contributed by atoms with Crippen LogP contribution in [0.25, 0.3) is 0 Å². The van der Waals surface area contributed by atoms with Crippen LogP contribution in [0, 0.1) is 0 Å². The molecule has 1 aromatic heterocycles. The first-order valence-corrected chi connectivity index (χ1v) is 10.7. The minimum absolute atomic E-state index is 0.00163. The zero-order valence-electron chi connectivity index (χ0n) is 18.2. The highest BCUT2D eigenvalue weighted by Gasteiger charge is 2.41. The van der Waals surface area contributed by atoms with E-state index in [1.54, 1.807) is 17.9 Å². The van der Waals surface area contributed by atoms with Crippen LogP contribution in [-0.2, 0) is 26.9 Å². The second kappa shape index (κ2) is 10.5. The number of rotatable bonds is 8. The molecule has 2 heterocycles. The Morgan fingerprint density at radius 1 is 1.38 bits per heavy atom. The van der Waals surface area contributed by atoms with E-state index in [-0.39, 0.29) is 30.6 Å². The topological polar surface area (TPSA) is 92.8 Å². The van der Waals surface area contributed by atoms with Gasteiger partial charge in [0.1, 0.15) is 11.8 Å². The summed E-state index contributed by atoms with van der Waals surface area (Å²) in [5.74, 6) is -0.207. The Morgan fingerprint density at radius 3 is 2.72 bits per heavy atom. The third-order valence-electron chi connectivity index (χ3n) is 5.55. The number of hydrogen-bond donors (Lipinski definition) is 2. The molecule has 1 aliphatic heterocycles. The molecular formula is C21H29F3N4O4. The van der Waals surface area contributed by atoms with Gasteiger partial charge in [0.05, 0.1) is 19.8 Å². The van der Waals surface area contributed by atoms with Crippen molar-refractivity contribution in [1.29, 1.82) is 0 Å². The highest BCUT2D eigenvalue weighted by molar-refractivity contribution is 5.82. The van der Waals surface area contributed by atoms with Gasteiger partial charge < -0.3 is 25.0 Å². The van der Waals surface area contributed by atoms with Crippen LogP contribution in [0.2, 0.25) is 0 Å². The van der Waals surface area contributed by atoms with Crippen molar-refractivity contribution < 1.29 is 32.2 Å². The van der Waals surface area contributed by atoms with Crippen molar-refractivity contribution in [2.75, 3.05) is 33.4 Å². The van der Waals surface area contributed by atoms with Crippen LogP contribution in [0.5, 0.6) is 0 Å². The molecule has 0 bridgehead atoms. The quantitative estimate of drug-likeness (QED) is 0.582. The van der Waals surface area contributed by atoms with Gasteiger partial charge in [-0.2, -0.15) is 13.2 Å². The van der Waals surface area contributed by atoms with Crippen molar-refractivity contribution in [2.45, 2.75) is 57.0 Å². The molecule has 2 amide bonds. The number of carbonyl (C=O) groups excluding carboxylic acids is 2. The number of aromatic nitrogens is 1. The van der Waals surface area contributed by atoms with Crippen molar-refractivity contribution in [3.05, 3.63) is 29.1 Å². The van der Waals surface area contributed by atoms with E-state index in [4.69, 9.17) is 4.74 Å². The van der Waals surface area contributed by atoms with Gasteiger partial charge in [0, 0.05) is 31.4 Å². The summed E-state index contributed by atoms with van der Waals surface area (Å²) >= 11 is 0. The largest absolute Gasteiger partial charge is 0.453 e. The molecule has 1 saturated heterocycles. The van der Waals surface area contributed by atoms with E-state index in [2.05, 4.69) is 20.4 Å². The van der Waals surface area contributed by atoms with Gasteiger partial charge in [-0.25, -0.2) is 9.78 Å². The number of alkyl halides is 3. The van der Waals surface area contributed by atoms with Crippen LogP contribution >= 0.6 is 0 Å². The molecule has 8 nitrogen and oxygen atoms in total. The highest BCUT2D eigenvalue weighted by atomic mass is 19.4. The number of carbonyl (C=O) groups is 2. The van der Waals surface area contributed by atoms with E-state index in [0.29, 0.717) is 31.7 Å². The number of methoxy groups -OCH3 is 1. The van der Waals surface area contributed by atoms with Crippen LogP contribution in [0.4, 0.5) is 18.0 Å². The Kier molecular flexibility index (Phi) is 7.94. The van der Waals surface area contributed by atoms with Gasteiger partial charge in [0.2, 0.25) is 0 Å². The fraction of sp³-hybridized carbons (Fsp3) is 0.667. The van der Waals surface area contributed by atoms with Crippen molar-refractivity contribution >= 4 is 12.0 Å². The Morgan fingerprint density at radius 2 is 2.12 bits per heavy atom. The third-order valence-corrected chi connectivity index (χ3v) is 5.55. The molecule has 1 saturated carbocycles. The predicted molar refractivity (Wildman–Crippen MR) is 109 cm³/mol. The van der Waals surface area contributed by atoms with Gasteiger partial charge in [-0.1, -0.05) is 0 Å². The summed E-state index contributed by atoms with van der Waals surface area (Å²) in [6.07, 6.45) is -3.59. The zero-order chi connectivity index (χ0) is 23.3. The van der Waals surface area contributed by atoms with E-state index < -0.39 is 30.1 Å². The summed E-state index contributed by atoms with van der Waals surface area (Å²) in [6, 6.07) is 2.07. The number of ether oxygens (including phenoxy) is 2. The van der Waals surface area contributed by atoms with Crippen LogP contribution in [0.3, 0.4) is 0 Å². The Labute approximate surface area is 184 Å². The smallest absolute Gasteiger partial charge is 0.433 e. The van der Waals surface area contributed by atoms with E-state index in [9.17, 15) is 22.8 Å². The standard InChI is InChI=1S/C21H29F3N4O4/c1-13(28(16-5-6-16)19(29)17-12-25-8-9-32-17)14-10-15(4-3-7-26-20(30)31-2)27-18(11-14)21(22,23)24/h10-11,13,16-17,25H,3-9,12H2,1-2H3,(H,26,30)/t13-,17-/m1/s1. The predicted octanol–water partition coefficient (Wildman–Crippen LogP) is 2.43. The Bertz CT molecular complexity index is 811. The molecule has 3 rings (SSSR count). The minimum Gasteiger partial charge on any atom is -0.453 e. The molecule has 0 unspecified atom stereocenters. The van der Waals surface area contributed by atoms with Crippen LogP contribution in [0.1, 0.15) is 49.2 Å². The number of morpholine rings is 1. The van der Waals surface area contributed by atoms with Crippen molar-refractivity contribution in [2.24, 2.45) is 0 Å². The molecule has 1 aromatic rings. The molecule has 2 N–H and O–H groups in total. The number of nitrogens with one attached hydrogen (secondary N) is 2. The Balaban J connectivity index is 1.80. The second-order valence-corrected chi connectivity index (χ2v) is 8.01. The van der Waals surface area contributed by atoms with E-state index in [0.717, 1.165) is 18.9 Å². The molecule has 2 aliphatic rings. The summed E-state index contributed by atoms with van der Waals surface area (Å²) in [4.78, 5) is 29.7. The average Bonchev–Trinajstić information content (AvgIpc) is 3.61. The molecule has 2 fully saturated rings. The summed E-state index contributed by atoms with van der Waals surface area (Å²) in [6.45, 7) is 3.45. The van der Waals surface area contributed by atoms with Gasteiger partial charge in [0.25, 0.3) is 5.91 Å². The number of aryl methyl sites for hydroxylation is 1. The molecule has 0 radical (unpaired) electrons. The maximum Gasteiger partial charge on any atom is 0.433 e. The van der Waals surface area contributed by atoms with Crippen LogP contribution in [-0.4, -0.2) is 67.4 Å². The maximum atomic E-state index is 13.5. The zero-order valence-corrected chi connectivity index (χ0v) is 18.2. The lowest BCUT2D eigenvalue weighted by atomic mass is 10.0. The number of alkyl carbamates (subject to hydrolysis) is 1. The molecule has 0 aromatic carbocycles. The average molecular weight is 458 g/mol. The summed E-state index contributed by atoms with van der Waals surface area (Å²) in [5, 5.41) is 5.61. The monoisotopic (exact) mass is 458 g/mol. The first kappa shape index (κ1) is 24.2. The number of halogens is 3. The van der Waals surface area contributed by atoms with E-state index in [1.807, 2.05) is 0 Å². The first-order valence-electron chi connectivity index (χ1n) is 10.7. The molecule has 11 heteroatoms. The molecule has 32 heavy (non-hydrogen) atoms. The molecule has 1 aliphatic carbocycles. The minimum atomic E-state index is -4.61. The summed E-state index contributed by atoms with van der Waals surface area (Å²) < 4.78 is 50.7. The van der Waals surface area contributed by atoms with Gasteiger partial charge in [-0.3, -0.25) is 4.79 Å². The lowest BCUT2D eigenvalue weighted by Gasteiger charge is -2.34. The Hall–Kier alpha value is -2.40. The number of hydrogen-bond acceptors (Lipinski definition) is 6. The molecule has 178 valence electrons.